The second kappa shape index (κ2) is 8.91. The lowest BCUT2D eigenvalue weighted by Gasteiger charge is -2.27. The van der Waals surface area contributed by atoms with Crippen molar-refractivity contribution < 1.29 is 14.4 Å². The van der Waals surface area contributed by atoms with E-state index >= 15 is 0 Å². The predicted molar refractivity (Wildman–Crippen MR) is 121 cm³/mol. The lowest BCUT2D eigenvalue weighted by atomic mass is 9.93. The van der Waals surface area contributed by atoms with Crippen molar-refractivity contribution in [3.63, 3.8) is 0 Å². The molecule has 10 nitrogen and oxygen atoms in total. The normalized spacial score (nSPS) is 13.0. The average molecular weight is 469 g/mol. The number of carbonyl (C=O) groups is 1. The molecule has 0 bridgehead atoms. The van der Waals surface area contributed by atoms with Gasteiger partial charge in [-0.2, -0.15) is 5.10 Å². The summed E-state index contributed by atoms with van der Waals surface area (Å²) in [6, 6.07) is 8.75. The van der Waals surface area contributed by atoms with Gasteiger partial charge in [0.2, 0.25) is 5.75 Å². The summed E-state index contributed by atoms with van der Waals surface area (Å²) in [4.78, 5) is 29.9. The zero-order valence-electron chi connectivity index (χ0n) is 18.1. The van der Waals surface area contributed by atoms with Gasteiger partial charge in [0.05, 0.1) is 17.9 Å². The van der Waals surface area contributed by atoms with E-state index in [9.17, 15) is 14.7 Å². The Kier molecular flexibility index (Phi) is 6.01. The van der Waals surface area contributed by atoms with Crippen molar-refractivity contribution >= 4 is 23.2 Å². The Morgan fingerprint density at radius 1 is 1.27 bits per heavy atom. The fourth-order valence-corrected chi connectivity index (χ4v) is 3.96. The Balaban J connectivity index is 1.83. The van der Waals surface area contributed by atoms with Crippen LogP contribution in [0.2, 0.25) is 5.02 Å². The molecule has 0 aliphatic rings. The molecule has 3 aromatic heterocycles. The van der Waals surface area contributed by atoms with Gasteiger partial charge < -0.3 is 14.9 Å². The zero-order chi connectivity index (χ0) is 23.7. The molecule has 0 aliphatic heterocycles. The number of aromatic hydroxyl groups is 1. The summed E-state index contributed by atoms with van der Waals surface area (Å²) in [5, 5.41) is 21.4. The maximum absolute atomic E-state index is 12.8. The Bertz CT molecular complexity index is 1360. The van der Waals surface area contributed by atoms with Crippen LogP contribution >= 0.6 is 11.6 Å². The van der Waals surface area contributed by atoms with E-state index in [-0.39, 0.29) is 11.5 Å². The van der Waals surface area contributed by atoms with E-state index < -0.39 is 34.9 Å². The van der Waals surface area contributed by atoms with Gasteiger partial charge in [0, 0.05) is 24.2 Å². The highest BCUT2D eigenvalue weighted by Crippen LogP contribution is 2.36. The van der Waals surface area contributed by atoms with E-state index in [0.717, 1.165) is 11.3 Å². The molecule has 11 heteroatoms. The van der Waals surface area contributed by atoms with Crippen molar-refractivity contribution in [3.05, 3.63) is 87.1 Å². The molecule has 2 N–H and O–H groups in total. The van der Waals surface area contributed by atoms with Gasteiger partial charge in [-0.15, -0.1) is 0 Å². The molecular weight excluding hydrogens is 448 g/mol. The average Bonchev–Trinajstić information content (AvgIpc) is 3.45. The van der Waals surface area contributed by atoms with E-state index in [4.69, 9.17) is 16.1 Å². The Hall–Kier alpha value is -3.92. The number of benzene rings is 1. The molecule has 1 amide bonds. The minimum atomic E-state index is -0.772. The summed E-state index contributed by atoms with van der Waals surface area (Å²) < 4.78 is 7.66. The van der Waals surface area contributed by atoms with Crippen LogP contribution in [0.4, 0.5) is 5.69 Å². The minimum Gasteiger partial charge on any atom is -0.501 e. The van der Waals surface area contributed by atoms with E-state index in [1.807, 2.05) is 44.3 Å². The van der Waals surface area contributed by atoms with Gasteiger partial charge in [0.1, 0.15) is 17.8 Å². The van der Waals surface area contributed by atoms with Gasteiger partial charge >= 0.3 is 0 Å². The summed E-state index contributed by atoms with van der Waals surface area (Å²) in [6.07, 6.45) is 4.32. The molecule has 0 saturated heterocycles. The number of amides is 1. The molecule has 0 spiro atoms. The Morgan fingerprint density at radius 3 is 2.67 bits per heavy atom. The molecule has 0 unspecified atom stereocenters. The molecule has 0 aliphatic carbocycles. The smallest absolute Gasteiger partial charge is 0.296 e. The second-order valence-electron chi connectivity index (χ2n) is 7.59. The van der Waals surface area contributed by atoms with Crippen LogP contribution in [0, 0.1) is 6.92 Å². The third kappa shape index (κ3) is 4.24. The number of rotatable bonds is 6. The number of nitrogens with zero attached hydrogens (tertiary/aromatic N) is 5. The number of carbonyl (C=O) groups excluding carboxylic acids is 1. The maximum atomic E-state index is 12.8. The lowest BCUT2D eigenvalue weighted by Crippen LogP contribution is -2.30. The van der Waals surface area contributed by atoms with Crippen molar-refractivity contribution in [3.8, 4) is 5.75 Å². The SMILES string of the molecule is Cc1ccn([C@@H](c2ccccc2Cl)[C@H](C)c2nc(C(=O)Nc3cnoc3)c(O)c(=O)n2C)n1. The topological polar surface area (TPSA) is 128 Å². The number of halogens is 1. The first kappa shape index (κ1) is 22.3. The Labute approximate surface area is 193 Å². The van der Waals surface area contributed by atoms with Crippen LogP contribution in [0.15, 0.2) is 58.3 Å². The fourth-order valence-electron chi connectivity index (χ4n) is 3.71. The van der Waals surface area contributed by atoms with Gasteiger partial charge in [-0.25, -0.2) is 4.98 Å². The van der Waals surface area contributed by atoms with Gasteiger partial charge in [0.25, 0.3) is 11.5 Å². The van der Waals surface area contributed by atoms with E-state index in [0.29, 0.717) is 5.02 Å². The van der Waals surface area contributed by atoms with Gasteiger partial charge in [0.15, 0.2) is 5.69 Å². The summed E-state index contributed by atoms with van der Waals surface area (Å²) in [7, 11) is 1.49. The third-order valence-electron chi connectivity index (χ3n) is 5.34. The minimum absolute atomic E-state index is 0.262. The van der Waals surface area contributed by atoms with Crippen molar-refractivity contribution in [1.29, 1.82) is 0 Å². The lowest BCUT2D eigenvalue weighted by molar-refractivity contribution is 0.101. The summed E-state index contributed by atoms with van der Waals surface area (Å²) in [5.74, 6) is -1.73. The molecule has 2 atom stereocenters. The molecule has 33 heavy (non-hydrogen) atoms. The highest BCUT2D eigenvalue weighted by Gasteiger charge is 2.31. The molecule has 4 rings (SSSR count). The number of anilines is 1. The van der Waals surface area contributed by atoms with Crippen LogP contribution in [0.3, 0.4) is 0 Å². The van der Waals surface area contributed by atoms with E-state index in [1.165, 1.54) is 24.1 Å². The van der Waals surface area contributed by atoms with Crippen LogP contribution in [0.5, 0.6) is 5.75 Å². The van der Waals surface area contributed by atoms with Crippen molar-refractivity contribution in [2.75, 3.05) is 5.32 Å². The van der Waals surface area contributed by atoms with Crippen LogP contribution in [-0.4, -0.2) is 35.5 Å². The van der Waals surface area contributed by atoms with Crippen molar-refractivity contribution in [1.82, 2.24) is 24.5 Å². The molecule has 4 aromatic rings. The summed E-state index contributed by atoms with van der Waals surface area (Å²) >= 11 is 6.52. The van der Waals surface area contributed by atoms with Crippen LogP contribution in [0.25, 0.3) is 0 Å². The van der Waals surface area contributed by atoms with Gasteiger partial charge in [-0.05, 0) is 24.6 Å². The summed E-state index contributed by atoms with van der Waals surface area (Å²) in [5.41, 5.74) is 0.679. The van der Waals surface area contributed by atoms with Crippen LogP contribution in [-0.2, 0) is 7.05 Å². The molecule has 0 radical (unpaired) electrons. The molecule has 170 valence electrons. The van der Waals surface area contributed by atoms with Crippen LogP contribution < -0.4 is 10.9 Å². The van der Waals surface area contributed by atoms with Gasteiger partial charge in [-0.3, -0.25) is 18.8 Å². The third-order valence-corrected chi connectivity index (χ3v) is 5.68. The van der Waals surface area contributed by atoms with Crippen molar-refractivity contribution in [2.45, 2.75) is 25.8 Å². The van der Waals surface area contributed by atoms with Crippen LogP contribution in [0.1, 0.15) is 46.5 Å². The molecular formula is C22H21ClN6O4. The number of hydrogen-bond donors (Lipinski definition) is 2. The fraction of sp³-hybridized carbons (Fsp3) is 0.227. The molecule has 1 aromatic carbocycles. The molecule has 3 heterocycles. The van der Waals surface area contributed by atoms with E-state index in [1.54, 1.807) is 10.7 Å². The standard InChI is InChI=1S/C22H21ClN6O4/c1-12-8-9-29(27-12)18(15-6-4-5-7-16(15)23)13(2)20-26-17(19(30)22(32)28(20)3)21(31)25-14-10-24-33-11-14/h4-11,13,18,30H,1-3H3,(H,25,31)/t13-,18+/m0/s1. The highest BCUT2D eigenvalue weighted by atomic mass is 35.5. The monoisotopic (exact) mass is 468 g/mol. The summed E-state index contributed by atoms with van der Waals surface area (Å²) in [6.45, 7) is 3.72. The first-order valence-electron chi connectivity index (χ1n) is 10.0. The molecule has 0 fully saturated rings. The first-order chi connectivity index (χ1) is 15.8. The Morgan fingerprint density at radius 2 is 2.03 bits per heavy atom. The largest absolute Gasteiger partial charge is 0.501 e. The zero-order valence-corrected chi connectivity index (χ0v) is 18.8. The van der Waals surface area contributed by atoms with Crippen molar-refractivity contribution in [2.24, 2.45) is 7.05 Å². The number of aryl methyl sites for hydroxylation is 1. The maximum Gasteiger partial charge on any atom is 0.296 e. The quantitative estimate of drug-likeness (QED) is 0.444. The second-order valence-corrected chi connectivity index (χ2v) is 8.00. The molecule has 0 saturated carbocycles. The highest BCUT2D eigenvalue weighted by molar-refractivity contribution is 6.31. The number of nitrogens with one attached hydrogen (secondary N) is 1. The number of aromatic nitrogens is 5. The van der Waals surface area contributed by atoms with Gasteiger partial charge in [-0.1, -0.05) is 41.9 Å². The number of hydrogen-bond acceptors (Lipinski definition) is 7. The predicted octanol–water partition coefficient (Wildman–Crippen LogP) is 3.28. The first-order valence-corrected chi connectivity index (χ1v) is 10.4. The van der Waals surface area contributed by atoms with E-state index in [2.05, 4.69) is 20.6 Å².